The Hall–Kier alpha value is -0.500. The van der Waals surface area contributed by atoms with Crippen LogP contribution in [0, 0.1) is 0 Å². The van der Waals surface area contributed by atoms with Crippen LogP contribution < -0.4 is 4.57 Å². The molecule has 1 heterocycles. The maximum atomic E-state index is 2.28. The molecular weight excluding hydrogens is 250 g/mol. The van der Waals surface area contributed by atoms with E-state index in [1.54, 1.807) is 0 Å². The summed E-state index contributed by atoms with van der Waals surface area (Å²) in [4.78, 5) is 0. The van der Waals surface area contributed by atoms with Crippen LogP contribution in [-0.4, -0.2) is 5.75 Å². The third-order valence-electron chi connectivity index (χ3n) is 3.50. The standard InChI is InChI=1S/C17H30NS/c1-3-5-6-7-8-9-10-15-19-16-18-13-11-17(4-2)12-14-18/h11-14H,3-10,15-16H2,1-2H3/q+1. The molecule has 19 heavy (non-hydrogen) atoms. The van der Waals surface area contributed by atoms with Crippen molar-refractivity contribution in [3.05, 3.63) is 30.1 Å². The molecule has 0 unspecified atom stereocenters. The number of aryl methyl sites for hydroxylation is 1. The fourth-order valence-electron chi connectivity index (χ4n) is 2.14. The number of nitrogens with zero attached hydrogens (tertiary/aromatic N) is 1. The highest BCUT2D eigenvalue weighted by atomic mass is 32.2. The second kappa shape index (κ2) is 11.3. The Morgan fingerprint density at radius 2 is 1.53 bits per heavy atom. The first kappa shape index (κ1) is 16.6. The lowest BCUT2D eigenvalue weighted by Crippen LogP contribution is -2.31. The molecule has 1 aromatic rings. The maximum Gasteiger partial charge on any atom is 0.194 e. The molecule has 0 aromatic carbocycles. The molecule has 1 nitrogen and oxygen atoms in total. The van der Waals surface area contributed by atoms with Gasteiger partial charge in [0.2, 0.25) is 0 Å². The average Bonchev–Trinajstić information content (AvgIpc) is 2.46. The Bertz CT molecular complexity index is 308. The molecule has 0 N–H and O–H groups in total. The Labute approximate surface area is 123 Å². The van der Waals surface area contributed by atoms with Crippen LogP contribution in [0.4, 0.5) is 0 Å². The van der Waals surface area contributed by atoms with E-state index in [2.05, 4.69) is 54.7 Å². The van der Waals surface area contributed by atoms with E-state index in [1.807, 2.05) is 0 Å². The monoisotopic (exact) mass is 280 g/mol. The van der Waals surface area contributed by atoms with Gasteiger partial charge in [-0.25, -0.2) is 0 Å². The third kappa shape index (κ3) is 8.30. The van der Waals surface area contributed by atoms with E-state index in [9.17, 15) is 0 Å². The molecule has 108 valence electrons. The third-order valence-corrected chi connectivity index (χ3v) is 4.56. The van der Waals surface area contributed by atoms with E-state index in [1.165, 1.54) is 56.3 Å². The molecule has 0 aliphatic heterocycles. The molecule has 0 bridgehead atoms. The van der Waals surface area contributed by atoms with E-state index < -0.39 is 0 Å². The van der Waals surface area contributed by atoms with E-state index in [-0.39, 0.29) is 0 Å². The van der Waals surface area contributed by atoms with E-state index in [0.29, 0.717) is 0 Å². The van der Waals surface area contributed by atoms with Crippen molar-refractivity contribution in [2.75, 3.05) is 5.75 Å². The van der Waals surface area contributed by atoms with Crippen LogP contribution in [0.2, 0.25) is 0 Å². The van der Waals surface area contributed by atoms with Crippen molar-refractivity contribution in [1.29, 1.82) is 0 Å². The maximum absolute atomic E-state index is 2.28. The minimum absolute atomic E-state index is 1.10. The van der Waals surface area contributed by atoms with Gasteiger partial charge in [0.15, 0.2) is 18.3 Å². The Kier molecular flexibility index (Phi) is 9.88. The minimum Gasteiger partial charge on any atom is -0.195 e. The van der Waals surface area contributed by atoms with Crippen LogP contribution in [0.1, 0.15) is 64.4 Å². The second-order valence-electron chi connectivity index (χ2n) is 5.23. The van der Waals surface area contributed by atoms with Gasteiger partial charge < -0.3 is 0 Å². The van der Waals surface area contributed by atoms with E-state index in [0.717, 1.165) is 12.3 Å². The van der Waals surface area contributed by atoms with Gasteiger partial charge in [-0.15, -0.1) is 0 Å². The van der Waals surface area contributed by atoms with Crippen molar-refractivity contribution in [2.45, 2.75) is 71.1 Å². The summed E-state index contributed by atoms with van der Waals surface area (Å²) in [5.41, 5.74) is 1.42. The molecule has 0 atom stereocenters. The molecule has 0 radical (unpaired) electrons. The molecule has 0 fully saturated rings. The summed E-state index contributed by atoms with van der Waals surface area (Å²) in [5, 5.41) is 0. The van der Waals surface area contributed by atoms with Gasteiger partial charge in [0, 0.05) is 12.1 Å². The summed E-state index contributed by atoms with van der Waals surface area (Å²) in [6.45, 7) is 4.48. The first-order valence-corrected chi connectivity index (χ1v) is 9.08. The largest absolute Gasteiger partial charge is 0.195 e. The SMILES string of the molecule is CCCCCCCCCSC[n+]1ccc(CC)cc1. The summed E-state index contributed by atoms with van der Waals surface area (Å²) >= 11 is 2.05. The molecule has 0 saturated carbocycles. The van der Waals surface area contributed by atoms with Crippen molar-refractivity contribution in [1.82, 2.24) is 0 Å². The summed E-state index contributed by atoms with van der Waals surface area (Å²) in [6.07, 6.45) is 15.4. The van der Waals surface area contributed by atoms with Crippen LogP contribution in [-0.2, 0) is 12.3 Å². The molecule has 0 spiro atoms. The molecule has 0 saturated heterocycles. The minimum atomic E-state index is 1.10. The lowest BCUT2D eigenvalue weighted by molar-refractivity contribution is -0.676. The number of unbranched alkanes of at least 4 members (excludes halogenated alkanes) is 6. The number of hydrogen-bond acceptors (Lipinski definition) is 1. The summed E-state index contributed by atoms with van der Waals surface area (Å²) in [6, 6.07) is 4.46. The van der Waals surface area contributed by atoms with E-state index in [4.69, 9.17) is 0 Å². The van der Waals surface area contributed by atoms with Gasteiger partial charge in [-0.2, -0.15) is 4.57 Å². The zero-order valence-corrected chi connectivity index (χ0v) is 13.6. The quantitative estimate of drug-likeness (QED) is 0.408. The number of rotatable bonds is 11. The van der Waals surface area contributed by atoms with E-state index >= 15 is 0 Å². The zero-order chi connectivity index (χ0) is 13.8. The molecule has 0 amide bonds. The van der Waals surface area contributed by atoms with Crippen molar-refractivity contribution < 1.29 is 4.57 Å². The predicted molar refractivity (Wildman–Crippen MR) is 86.5 cm³/mol. The highest BCUT2D eigenvalue weighted by Gasteiger charge is 2.00. The molecule has 1 aromatic heterocycles. The van der Waals surface area contributed by atoms with Gasteiger partial charge >= 0.3 is 0 Å². The Morgan fingerprint density at radius 3 is 2.16 bits per heavy atom. The lowest BCUT2D eigenvalue weighted by atomic mass is 10.1. The number of pyridine rings is 1. The van der Waals surface area contributed by atoms with Gasteiger partial charge in [-0.1, -0.05) is 64.1 Å². The summed E-state index contributed by atoms with van der Waals surface area (Å²) in [7, 11) is 0. The van der Waals surface area contributed by atoms with Gasteiger partial charge in [0.05, 0.1) is 0 Å². The molecule has 2 heteroatoms. The van der Waals surface area contributed by atoms with Crippen LogP contribution in [0.25, 0.3) is 0 Å². The topological polar surface area (TPSA) is 3.88 Å². The average molecular weight is 281 g/mol. The second-order valence-corrected chi connectivity index (χ2v) is 6.31. The molecule has 0 aliphatic rings. The smallest absolute Gasteiger partial charge is 0.194 e. The predicted octanol–water partition coefficient (Wildman–Crippen LogP) is 4.98. The van der Waals surface area contributed by atoms with Crippen molar-refractivity contribution in [3.8, 4) is 0 Å². The highest BCUT2D eigenvalue weighted by molar-refractivity contribution is 7.98. The zero-order valence-electron chi connectivity index (χ0n) is 12.7. The molecular formula is C17H30NS+. The van der Waals surface area contributed by atoms with Crippen LogP contribution in [0.15, 0.2) is 24.5 Å². The fraction of sp³-hybridized carbons (Fsp3) is 0.706. The highest BCUT2D eigenvalue weighted by Crippen LogP contribution is 2.10. The Morgan fingerprint density at radius 1 is 0.895 bits per heavy atom. The van der Waals surface area contributed by atoms with Gasteiger partial charge in [-0.05, 0) is 24.2 Å². The van der Waals surface area contributed by atoms with Crippen molar-refractivity contribution in [2.24, 2.45) is 0 Å². The van der Waals surface area contributed by atoms with Gasteiger partial charge in [-0.3, -0.25) is 0 Å². The van der Waals surface area contributed by atoms with Gasteiger partial charge in [0.25, 0.3) is 0 Å². The lowest BCUT2D eigenvalue weighted by Gasteiger charge is -2.01. The van der Waals surface area contributed by atoms with Crippen LogP contribution in [0.5, 0.6) is 0 Å². The molecule has 1 rings (SSSR count). The molecule has 0 aliphatic carbocycles. The normalized spacial score (nSPS) is 10.8. The first-order chi connectivity index (χ1) is 9.36. The first-order valence-electron chi connectivity index (χ1n) is 7.92. The van der Waals surface area contributed by atoms with Crippen LogP contribution >= 0.6 is 11.8 Å². The Balaban J connectivity index is 1.95. The fourth-order valence-corrected chi connectivity index (χ4v) is 3.06. The van der Waals surface area contributed by atoms with Gasteiger partial charge in [0.1, 0.15) is 0 Å². The number of thioether (sulfide) groups is 1. The number of hydrogen-bond donors (Lipinski definition) is 0. The number of aromatic nitrogens is 1. The van der Waals surface area contributed by atoms with Crippen molar-refractivity contribution >= 4 is 11.8 Å². The van der Waals surface area contributed by atoms with Crippen LogP contribution in [0.3, 0.4) is 0 Å². The summed E-state index contributed by atoms with van der Waals surface area (Å²) < 4.78 is 2.28. The summed E-state index contributed by atoms with van der Waals surface area (Å²) in [5.74, 6) is 2.40. The van der Waals surface area contributed by atoms with Crippen molar-refractivity contribution in [3.63, 3.8) is 0 Å².